The van der Waals surface area contributed by atoms with E-state index in [1.165, 1.54) is 37.4 Å². The normalized spacial score (nSPS) is 11.2. The summed E-state index contributed by atoms with van der Waals surface area (Å²) in [6.07, 6.45) is 0. The Morgan fingerprint density at radius 2 is 1.75 bits per heavy atom. The van der Waals surface area contributed by atoms with Crippen LogP contribution in [-0.2, 0) is 14.8 Å². The Morgan fingerprint density at radius 3 is 2.34 bits per heavy atom. The van der Waals surface area contributed by atoms with Crippen molar-refractivity contribution in [2.24, 2.45) is 0 Å². The lowest BCUT2D eigenvalue weighted by Gasteiger charge is -2.24. The fourth-order valence-corrected chi connectivity index (χ4v) is 4.54. The molecule has 0 atom stereocenters. The molecule has 1 N–H and O–H groups in total. The van der Waals surface area contributed by atoms with Gasteiger partial charge in [0, 0.05) is 6.07 Å². The molecule has 0 aliphatic heterocycles. The number of nitrogens with one attached hydrogen (secondary N) is 1. The van der Waals surface area contributed by atoms with Crippen molar-refractivity contribution in [2.45, 2.75) is 11.8 Å². The minimum Gasteiger partial charge on any atom is -0.495 e. The second kappa shape index (κ2) is 9.54. The summed E-state index contributed by atoms with van der Waals surface area (Å²) in [6.45, 7) is 1.12. The van der Waals surface area contributed by atoms with Gasteiger partial charge in [0.25, 0.3) is 10.0 Å². The third kappa shape index (κ3) is 5.17. The third-order valence-corrected chi connectivity index (χ3v) is 6.61. The summed E-state index contributed by atoms with van der Waals surface area (Å²) in [7, 11) is -2.78. The summed E-state index contributed by atoms with van der Waals surface area (Å²) >= 11 is 6.16. The highest BCUT2D eigenvalue weighted by Gasteiger charge is 2.28. The molecule has 3 rings (SSSR count). The molecule has 0 spiro atoms. The fraction of sp³-hybridized carbons (Fsp3) is 0.136. The van der Waals surface area contributed by atoms with E-state index in [0.717, 1.165) is 22.0 Å². The zero-order valence-electron chi connectivity index (χ0n) is 17.1. The van der Waals surface area contributed by atoms with Gasteiger partial charge in [0.05, 0.1) is 28.4 Å². The number of aryl methyl sites for hydroxylation is 1. The number of halogens is 3. The molecule has 3 aromatic rings. The van der Waals surface area contributed by atoms with Crippen molar-refractivity contribution < 1.29 is 26.7 Å². The summed E-state index contributed by atoms with van der Waals surface area (Å²) in [5.74, 6) is -2.31. The lowest BCUT2D eigenvalue weighted by molar-refractivity contribution is -0.114. The molecule has 0 saturated carbocycles. The van der Waals surface area contributed by atoms with Crippen molar-refractivity contribution in [1.82, 2.24) is 0 Å². The molecule has 0 unspecified atom stereocenters. The Hall–Kier alpha value is -3.17. The van der Waals surface area contributed by atoms with Crippen molar-refractivity contribution in [3.8, 4) is 5.75 Å². The maximum absolute atomic E-state index is 13.9. The Morgan fingerprint density at radius 1 is 1.06 bits per heavy atom. The third-order valence-electron chi connectivity index (χ3n) is 4.52. The molecule has 0 aliphatic carbocycles. The molecular weight excluding hydrogens is 462 g/mol. The minimum atomic E-state index is -4.19. The van der Waals surface area contributed by atoms with E-state index >= 15 is 0 Å². The van der Waals surface area contributed by atoms with Crippen LogP contribution in [0.2, 0.25) is 5.02 Å². The van der Waals surface area contributed by atoms with Gasteiger partial charge < -0.3 is 10.1 Å². The molecule has 0 bridgehead atoms. The second-order valence-electron chi connectivity index (χ2n) is 6.82. The first kappa shape index (κ1) is 23.5. The zero-order valence-corrected chi connectivity index (χ0v) is 18.7. The van der Waals surface area contributed by atoms with Crippen LogP contribution in [0.3, 0.4) is 0 Å². The molecule has 10 heteroatoms. The van der Waals surface area contributed by atoms with E-state index < -0.39 is 34.1 Å². The molecule has 0 heterocycles. The van der Waals surface area contributed by atoms with Gasteiger partial charge in [0.15, 0.2) is 0 Å². The summed E-state index contributed by atoms with van der Waals surface area (Å²) in [5, 5.41) is 2.40. The molecule has 3 aromatic carbocycles. The standard InChI is InChI=1S/C22H19ClF2N2O4S/c1-14-3-7-17(8-4-14)32(29,30)27(16-6-10-21(31-2)18(23)12-16)13-22(28)26-20-9-5-15(24)11-19(20)25/h3-12H,13H2,1-2H3,(H,26,28). The van der Waals surface area contributed by atoms with Gasteiger partial charge in [-0.3, -0.25) is 9.10 Å². The molecule has 0 radical (unpaired) electrons. The van der Waals surface area contributed by atoms with Crippen LogP contribution in [0.4, 0.5) is 20.2 Å². The summed E-state index contributed by atoms with van der Waals surface area (Å²) in [4.78, 5) is 12.6. The Labute approximate surface area is 189 Å². The number of anilines is 2. The van der Waals surface area contributed by atoms with E-state index in [1.54, 1.807) is 12.1 Å². The van der Waals surface area contributed by atoms with Gasteiger partial charge in [0.2, 0.25) is 5.91 Å². The number of benzene rings is 3. The number of carbonyl (C=O) groups excluding carboxylic acids is 1. The molecule has 1 amide bonds. The van der Waals surface area contributed by atoms with Crippen LogP contribution in [0, 0.1) is 18.6 Å². The van der Waals surface area contributed by atoms with Gasteiger partial charge in [-0.15, -0.1) is 0 Å². The molecular formula is C22H19ClF2N2O4S. The van der Waals surface area contributed by atoms with Crippen LogP contribution in [-0.4, -0.2) is 28.0 Å². The van der Waals surface area contributed by atoms with Crippen molar-refractivity contribution in [1.29, 1.82) is 0 Å². The van der Waals surface area contributed by atoms with E-state index in [2.05, 4.69) is 5.32 Å². The van der Waals surface area contributed by atoms with Crippen molar-refractivity contribution in [3.63, 3.8) is 0 Å². The summed E-state index contributed by atoms with van der Waals surface area (Å²) in [5.41, 5.74) is 0.676. The van der Waals surface area contributed by atoms with Crippen LogP contribution in [0.15, 0.2) is 65.6 Å². The Balaban J connectivity index is 1.99. The number of nitrogens with zero attached hydrogens (tertiary/aromatic N) is 1. The van der Waals surface area contributed by atoms with Gasteiger partial charge >= 0.3 is 0 Å². The van der Waals surface area contributed by atoms with Crippen LogP contribution < -0.4 is 14.4 Å². The predicted molar refractivity (Wildman–Crippen MR) is 119 cm³/mol. The molecule has 0 aromatic heterocycles. The smallest absolute Gasteiger partial charge is 0.264 e. The van der Waals surface area contributed by atoms with Crippen LogP contribution >= 0.6 is 11.6 Å². The number of amides is 1. The number of methoxy groups -OCH3 is 1. The highest BCUT2D eigenvalue weighted by molar-refractivity contribution is 7.92. The van der Waals surface area contributed by atoms with Crippen molar-refractivity contribution in [2.75, 3.05) is 23.3 Å². The van der Waals surface area contributed by atoms with Gasteiger partial charge in [0.1, 0.15) is 23.9 Å². The highest BCUT2D eigenvalue weighted by Crippen LogP contribution is 2.32. The van der Waals surface area contributed by atoms with Crippen molar-refractivity contribution in [3.05, 3.63) is 82.9 Å². The lowest BCUT2D eigenvalue weighted by atomic mass is 10.2. The predicted octanol–water partition coefficient (Wildman–Crippen LogP) is 4.77. The lowest BCUT2D eigenvalue weighted by Crippen LogP contribution is -2.38. The first-order valence-electron chi connectivity index (χ1n) is 9.29. The van der Waals surface area contributed by atoms with E-state index in [9.17, 15) is 22.0 Å². The Bertz CT molecular complexity index is 1250. The van der Waals surface area contributed by atoms with E-state index in [0.29, 0.717) is 11.8 Å². The number of sulfonamides is 1. The van der Waals surface area contributed by atoms with Gasteiger partial charge in [-0.05, 0) is 49.4 Å². The van der Waals surface area contributed by atoms with Gasteiger partial charge in [-0.2, -0.15) is 0 Å². The topological polar surface area (TPSA) is 75.7 Å². The monoisotopic (exact) mass is 480 g/mol. The summed E-state index contributed by atoms with van der Waals surface area (Å²) in [6, 6.07) is 13.0. The largest absolute Gasteiger partial charge is 0.495 e. The SMILES string of the molecule is COc1ccc(N(CC(=O)Nc2ccc(F)cc2F)S(=O)(=O)c2ccc(C)cc2)cc1Cl. The van der Waals surface area contributed by atoms with Gasteiger partial charge in [-0.1, -0.05) is 29.3 Å². The molecule has 0 fully saturated rings. The Kier molecular flexibility index (Phi) is 7.00. The molecule has 32 heavy (non-hydrogen) atoms. The quantitative estimate of drug-likeness (QED) is 0.528. The average Bonchev–Trinajstić information content (AvgIpc) is 2.74. The maximum atomic E-state index is 13.9. The first-order chi connectivity index (χ1) is 15.1. The van der Waals surface area contributed by atoms with Crippen molar-refractivity contribution >= 4 is 38.9 Å². The first-order valence-corrected chi connectivity index (χ1v) is 11.1. The maximum Gasteiger partial charge on any atom is 0.264 e. The number of ether oxygens (including phenoxy) is 1. The highest BCUT2D eigenvalue weighted by atomic mass is 35.5. The number of hydrogen-bond donors (Lipinski definition) is 1. The van der Waals surface area contributed by atoms with Crippen LogP contribution in [0.1, 0.15) is 5.56 Å². The van der Waals surface area contributed by atoms with E-state index in [4.69, 9.17) is 16.3 Å². The van der Waals surface area contributed by atoms with Crippen LogP contribution in [0.25, 0.3) is 0 Å². The molecule has 168 valence electrons. The molecule has 0 aliphatic rings. The van der Waals surface area contributed by atoms with E-state index in [1.807, 2.05) is 6.92 Å². The number of carbonyl (C=O) groups is 1. The van der Waals surface area contributed by atoms with E-state index in [-0.39, 0.29) is 21.3 Å². The molecule has 6 nitrogen and oxygen atoms in total. The zero-order chi connectivity index (χ0) is 23.5. The minimum absolute atomic E-state index is 0.0456. The average molecular weight is 481 g/mol. The second-order valence-corrected chi connectivity index (χ2v) is 9.09. The fourth-order valence-electron chi connectivity index (χ4n) is 2.87. The number of hydrogen-bond acceptors (Lipinski definition) is 4. The number of rotatable bonds is 7. The van der Waals surface area contributed by atoms with Gasteiger partial charge in [-0.25, -0.2) is 17.2 Å². The van der Waals surface area contributed by atoms with Crippen LogP contribution in [0.5, 0.6) is 5.75 Å². The summed E-state index contributed by atoms with van der Waals surface area (Å²) < 4.78 is 59.7. The molecule has 0 saturated heterocycles.